The van der Waals surface area contributed by atoms with Crippen LogP contribution in [0.1, 0.15) is 42.0 Å². The molecule has 1 saturated heterocycles. The molecule has 0 aliphatic carbocycles. The van der Waals surface area contributed by atoms with Crippen molar-refractivity contribution in [2.75, 3.05) is 13.1 Å². The van der Waals surface area contributed by atoms with E-state index in [0.29, 0.717) is 18.8 Å². The molecule has 2 aromatic heterocycles. The first-order valence-corrected chi connectivity index (χ1v) is 9.09. The summed E-state index contributed by atoms with van der Waals surface area (Å²) in [7, 11) is 1.67. The summed E-state index contributed by atoms with van der Waals surface area (Å²) in [5.74, 6) is 0.882. The Balaban J connectivity index is 1.59. The van der Waals surface area contributed by atoms with Gasteiger partial charge in [0.25, 0.3) is 5.91 Å². The van der Waals surface area contributed by atoms with Gasteiger partial charge in [-0.3, -0.25) is 9.36 Å². The Labute approximate surface area is 151 Å². The second kappa shape index (κ2) is 6.48. The number of aryl methyl sites for hydroxylation is 1. The van der Waals surface area contributed by atoms with Crippen LogP contribution in [0.15, 0.2) is 35.1 Å². The monoisotopic (exact) mass is 353 g/mol. The van der Waals surface area contributed by atoms with Crippen LogP contribution in [0.4, 0.5) is 0 Å². The van der Waals surface area contributed by atoms with Gasteiger partial charge in [0.05, 0.1) is 0 Å². The van der Waals surface area contributed by atoms with Gasteiger partial charge in [0.2, 0.25) is 0 Å². The molecule has 1 N–H and O–H groups in total. The lowest BCUT2D eigenvalue weighted by atomic mass is 9.97. The van der Waals surface area contributed by atoms with Crippen molar-refractivity contribution in [3.05, 3.63) is 52.3 Å². The number of hydrogen-bond acceptors (Lipinski definition) is 3. The van der Waals surface area contributed by atoms with E-state index in [1.165, 1.54) is 4.68 Å². The fourth-order valence-electron chi connectivity index (χ4n) is 3.85. The van der Waals surface area contributed by atoms with Crippen molar-refractivity contribution in [2.45, 2.75) is 32.2 Å². The summed E-state index contributed by atoms with van der Waals surface area (Å²) in [5, 5.41) is 5.46. The molecule has 26 heavy (non-hydrogen) atoms. The van der Waals surface area contributed by atoms with Gasteiger partial charge in [0.1, 0.15) is 11.5 Å². The molecule has 7 nitrogen and oxygen atoms in total. The average molecular weight is 353 g/mol. The highest BCUT2D eigenvalue weighted by molar-refractivity contribution is 5.98. The molecule has 0 spiro atoms. The zero-order chi connectivity index (χ0) is 18.3. The molecule has 1 aliphatic heterocycles. The van der Waals surface area contributed by atoms with Crippen molar-refractivity contribution in [1.29, 1.82) is 0 Å². The van der Waals surface area contributed by atoms with E-state index in [9.17, 15) is 9.59 Å². The highest BCUT2D eigenvalue weighted by Crippen LogP contribution is 2.26. The Morgan fingerprint density at radius 1 is 1.35 bits per heavy atom. The van der Waals surface area contributed by atoms with Crippen LogP contribution < -0.4 is 5.69 Å². The lowest BCUT2D eigenvalue weighted by Crippen LogP contribution is -2.40. The molecule has 0 radical (unpaired) electrons. The molecule has 0 saturated carbocycles. The lowest BCUT2D eigenvalue weighted by molar-refractivity contribution is 0.0698. The number of para-hydroxylation sites is 1. The third-order valence-electron chi connectivity index (χ3n) is 5.19. The van der Waals surface area contributed by atoms with Crippen LogP contribution in [-0.2, 0) is 13.6 Å². The number of likely N-dealkylation sites (tertiary alicyclic amines) is 1. The number of benzene rings is 1. The van der Waals surface area contributed by atoms with Crippen molar-refractivity contribution in [2.24, 2.45) is 7.05 Å². The number of nitrogens with one attached hydrogen (secondary N) is 1. The number of H-pyrrole nitrogens is 1. The summed E-state index contributed by atoms with van der Waals surface area (Å²) in [6.07, 6.45) is 1.85. The molecule has 1 aromatic carbocycles. The van der Waals surface area contributed by atoms with Gasteiger partial charge < -0.3 is 9.88 Å². The van der Waals surface area contributed by atoms with Gasteiger partial charge >= 0.3 is 5.69 Å². The lowest BCUT2D eigenvalue weighted by Gasteiger charge is -2.32. The second-order valence-electron chi connectivity index (χ2n) is 6.87. The predicted molar refractivity (Wildman–Crippen MR) is 99.3 cm³/mol. The van der Waals surface area contributed by atoms with Crippen molar-refractivity contribution in [1.82, 2.24) is 24.2 Å². The third kappa shape index (κ3) is 2.73. The summed E-state index contributed by atoms with van der Waals surface area (Å²) >= 11 is 0. The first-order valence-electron chi connectivity index (χ1n) is 9.09. The van der Waals surface area contributed by atoms with Crippen molar-refractivity contribution in [3.63, 3.8) is 0 Å². The van der Waals surface area contributed by atoms with Crippen molar-refractivity contribution >= 4 is 16.8 Å². The fourth-order valence-corrected chi connectivity index (χ4v) is 3.85. The first-order chi connectivity index (χ1) is 12.6. The maximum atomic E-state index is 13.0. The molecule has 0 bridgehead atoms. The number of piperidine rings is 1. The van der Waals surface area contributed by atoms with E-state index in [2.05, 4.69) is 10.1 Å². The topological polar surface area (TPSA) is 75.9 Å². The Morgan fingerprint density at radius 2 is 2.15 bits per heavy atom. The Bertz CT molecular complexity index is 980. The SMILES string of the molecule is CCn1c(C2CCCN(C(=O)c3cc4ccccc4[nH]3)C2)nn(C)c1=O. The standard InChI is InChI=1S/C19H23N5O2/c1-3-24-17(21-22(2)19(24)26)14-8-6-10-23(12-14)18(25)16-11-13-7-4-5-9-15(13)20-16/h4-5,7,9,11,14,20H,3,6,8,10,12H2,1-2H3. The molecule has 3 aromatic rings. The van der Waals surface area contributed by atoms with Gasteiger partial charge in [0.15, 0.2) is 0 Å². The van der Waals surface area contributed by atoms with Crippen LogP contribution in [0.5, 0.6) is 0 Å². The minimum absolute atomic E-state index is 0.00669. The van der Waals surface area contributed by atoms with Crippen LogP contribution in [0.2, 0.25) is 0 Å². The van der Waals surface area contributed by atoms with E-state index < -0.39 is 0 Å². The number of fused-ring (bicyclic) bond motifs is 1. The number of aromatic nitrogens is 4. The van der Waals surface area contributed by atoms with Crippen LogP contribution in [0.3, 0.4) is 0 Å². The van der Waals surface area contributed by atoms with Gasteiger partial charge in [-0.15, -0.1) is 0 Å². The minimum atomic E-state index is -0.0958. The molecule has 1 amide bonds. The largest absolute Gasteiger partial charge is 0.351 e. The predicted octanol–water partition coefficient (Wildman–Crippen LogP) is 2.10. The van der Waals surface area contributed by atoms with Gasteiger partial charge in [0, 0.05) is 43.5 Å². The summed E-state index contributed by atoms with van der Waals surface area (Å²) in [6.45, 7) is 3.86. The van der Waals surface area contributed by atoms with Crippen LogP contribution in [0.25, 0.3) is 10.9 Å². The molecule has 4 rings (SSSR count). The molecule has 1 aliphatic rings. The van der Waals surface area contributed by atoms with Gasteiger partial charge in [-0.25, -0.2) is 9.48 Å². The first kappa shape index (κ1) is 16.6. The summed E-state index contributed by atoms with van der Waals surface area (Å²) in [6, 6.07) is 9.79. The summed E-state index contributed by atoms with van der Waals surface area (Å²) in [5.41, 5.74) is 1.48. The zero-order valence-corrected chi connectivity index (χ0v) is 15.1. The van der Waals surface area contributed by atoms with E-state index in [1.54, 1.807) is 11.6 Å². The average Bonchev–Trinajstić information content (AvgIpc) is 3.22. The highest BCUT2D eigenvalue weighted by Gasteiger charge is 2.29. The van der Waals surface area contributed by atoms with E-state index in [0.717, 1.165) is 36.1 Å². The number of aromatic amines is 1. The maximum Gasteiger partial charge on any atom is 0.345 e. The minimum Gasteiger partial charge on any atom is -0.351 e. The van der Waals surface area contributed by atoms with E-state index in [4.69, 9.17) is 0 Å². The summed E-state index contributed by atoms with van der Waals surface area (Å²) < 4.78 is 3.10. The van der Waals surface area contributed by atoms with Gasteiger partial charge in [-0.05, 0) is 31.9 Å². The second-order valence-corrected chi connectivity index (χ2v) is 6.87. The smallest absolute Gasteiger partial charge is 0.345 e. The van der Waals surface area contributed by atoms with E-state index >= 15 is 0 Å². The molecular formula is C19H23N5O2. The Hall–Kier alpha value is -2.83. The number of carbonyl (C=O) groups excluding carboxylic acids is 1. The molecule has 136 valence electrons. The van der Waals surface area contributed by atoms with E-state index in [1.807, 2.05) is 42.2 Å². The van der Waals surface area contributed by atoms with Crippen LogP contribution in [-0.4, -0.2) is 43.2 Å². The van der Waals surface area contributed by atoms with Gasteiger partial charge in [-0.1, -0.05) is 18.2 Å². The molecule has 1 fully saturated rings. The number of amides is 1. The quantitative estimate of drug-likeness (QED) is 0.783. The third-order valence-corrected chi connectivity index (χ3v) is 5.19. The zero-order valence-electron chi connectivity index (χ0n) is 15.1. The number of hydrogen-bond donors (Lipinski definition) is 1. The molecule has 7 heteroatoms. The molecular weight excluding hydrogens is 330 g/mol. The maximum absolute atomic E-state index is 13.0. The number of rotatable bonds is 3. The number of carbonyl (C=O) groups is 1. The fraction of sp³-hybridized carbons (Fsp3) is 0.421. The Morgan fingerprint density at radius 3 is 2.92 bits per heavy atom. The highest BCUT2D eigenvalue weighted by atomic mass is 16.2. The van der Waals surface area contributed by atoms with Crippen molar-refractivity contribution < 1.29 is 4.79 Å². The number of nitrogens with zero attached hydrogens (tertiary/aromatic N) is 4. The van der Waals surface area contributed by atoms with E-state index in [-0.39, 0.29) is 17.5 Å². The molecule has 1 unspecified atom stereocenters. The van der Waals surface area contributed by atoms with Crippen molar-refractivity contribution in [3.8, 4) is 0 Å². The van der Waals surface area contributed by atoms with Crippen LogP contribution in [0, 0.1) is 0 Å². The normalized spacial score (nSPS) is 17.8. The van der Waals surface area contributed by atoms with Crippen LogP contribution >= 0.6 is 0 Å². The molecule has 1 atom stereocenters. The van der Waals surface area contributed by atoms with Gasteiger partial charge in [-0.2, -0.15) is 5.10 Å². The molecule has 3 heterocycles. The summed E-state index contributed by atoms with van der Waals surface area (Å²) in [4.78, 5) is 30.2. The Kier molecular flexibility index (Phi) is 4.14.